The maximum absolute atomic E-state index is 5.99. The molecular formula is C12H14N2S. The Bertz CT molecular complexity index is 446. The van der Waals surface area contributed by atoms with E-state index in [9.17, 15) is 0 Å². The molecule has 0 spiro atoms. The number of rotatable bonds is 2. The van der Waals surface area contributed by atoms with Gasteiger partial charge in [0.2, 0.25) is 0 Å². The minimum atomic E-state index is 0.523. The monoisotopic (exact) mass is 218 g/mol. The molecule has 0 saturated carbocycles. The molecule has 3 heteroatoms. The van der Waals surface area contributed by atoms with Gasteiger partial charge in [0.1, 0.15) is 0 Å². The number of thiophene rings is 1. The van der Waals surface area contributed by atoms with E-state index in [4.69, 9.17) is 5.73 Å². The number of aromatic nitrogens is 1. The summed E-state index contributed by atoms with van der Waals surface area (Å²) < 4.78 is 0. The van der Waals surface area contributed by atoms with Gasteiger partial charge < -0.3 is 5.73 Å². The van der Waals surface area contributed by atoms with E-state index in [-0.39, 0.29) is 0 Å². The summed E-state index contributed by atoms with van der Waals surface area (Å²) in [6.07, 6.45) is 1.79. The third-order valence-electron chi connectivity index (χ3n) is 2.29. The number of nitrogens with zero attached hydrogens (tertiary/aromatic N) is 1. The first-order chi connectivity index (χ1) is 7.18. The van der Waals surface area contributed by atoms with Crippen LogP contribution in [0, 0.1) is 0 Å². The summed E-state index contributed by atoms with van der Waals surface area (Å²) in [6.45, 7) is 4.35. The van der Waals surface area contributed by atoms with Crippen LogP contribution in [-0.4, -0.2) is 4.98 Å². The van der Waals surface area contributed by atoms with Gasteiger partial charge in [0.05, 0.1) is 10.7 Å². The van der Waals surface area contributed by atoms with Crippen molar-refractivity contribution in [1.29, 1.82) is 0 Å². The molecule has 2 aromatic rings. The Morgan fingerprint density at radius 1 is 1.33 bits per heavy atom. The molecule has 0 aliphatic rings. The second kappa shape index (κ2) is 4.03. The second-order valence-electron chi connectivity index (χ2n) is 3.80. The zero-order chi connectivity index (χ0) is 10.8. The molecule has 2 heterocycles. The summed E-state index contributed by atoms with van der Waals surface area (Å²) in [5.74, 6) is 0.523. The van der Waals surface area contributed by atoms with Crippen LogP contribution in [0.2, 0.25) is 0 Å². The van der Waals surface area contributed by atoms with Gasteiger partial charge in [-0.2, -0.15) is 0 Å². The summed E-state index contributed by atoms with van der Waals surface area (Å²) in [6, 6.07) is 8.03. The van der Waals surface area contributed by atoms with E-state index >= 15 is 0 Å². The Morgan fingerprint density at radius 2 is 2.13 bits per heavy atom. The Labute approximate surface area is 93.8 Å². The minimum absolute atomic E-state index is 0.523. The van der Waals surface area contributed by atoms with Crippen molar-refractivity contribution in [2.45, 2.75) is 19.8 Å². The number of hydrogen-bond acceptors (Lipinski definition) is 3. The van der Waals surface area contributed by atoms with Gasteiger partial charge in [0.15, 0.2) is 0 Å². The first-order valence-electron chi connectivity index (χ1n) is 4.99. The fourth-order valence-corrected chi connectivity index (χ4v) is 2.37. The third-order valence-corrected chi connectivity index (χ3v) is 3.55. The highest BCUT2D eigenvalue weighted by Crippen LogP contribution is 2.35. The van der Waals surface area contributed by atoms with E-state index in [0.29, 0.717) is 5.92 Å². The highest BCUT2D eigenvalue weighted by atomic mass is 32.1. The molecular weight excluding hydrogens is 204 g/mol. The lowest BCUT2D eigenvalue weighted by molar-refractivity contribution is 0.890. The molecule has 0 aliphatic heterocycles. The van der Waals surface area contributed by atoms with Crippen molar-refractivity contribution < 1.29 is 0 Å². The highest BCUT2D eigenvalue weighted by molar-refractivity contribution is 7.16. The Morgan fingerprint density at radius 3 is 2.67 bits per heavy atom. The van der Waals surface area contributed by atoms with Crippen molar-refractivity contribution in [2.75, 3.05) is 5.73 Å². The molecule has 0 saturated heterocycles. The zero-order valence-electron chi connectivity index (χ0n) is 8.90. The molecule has 2 rings (SSSR count). The lowest BCUT2D eigenvalue weighted by Gasteiger charge is -1.97. The average molecular weight is 218 g/mol. The molecule has 78 valence electrons. The van der Waals surface area contributed by atoms with Crippen molar-refractivity contribution in [3.05, 3.63) is 35.3 Å². The molecule has 2 aromatic heterocycles. The van der Waals surface area contributed by atoms with Crippen LogP contribution in [0.1, 0.15) is 24.6 Å². The van der Waals surface area contributed by atoms with Gasteiger partial charge in [-0.25, -0.2) is 0 Å². The fraction of sp³-hybridized carbons (Fsp3) is 0.250. The quantitative estimate of drug-likeness (QED) is 0.837. The van der Waals surface area contributed by atoms with Crippen molar-refractivity contribution in [1.82, 2.24) is 4.98 Å². The molecule has 2 nitrogen and oxygen atoms in total. The number of hydrogen-bond donors (Lipinski definition) is 1. The number of anilines is 1. The maximum atomic E-state index is 5.99. The van der Waals surface area contributed by atoms with Crippen molar-refractivity contribution >= 4 is 16.3 Å². The van der Waals surface area contributed by atoms with E-state index in [2.05, 4.69) is 24.9 Å². The summed E-state index contributed by atoms with van der Waals surface area (Å²) in [4.78, 5) is 5.62. The van der Waals surface area contributed by atoms with Gasteiger partial charge in [-0.3, -0.25) is 4.98 Å². The first kappa shape index (κ1) is 10.2. The van der Waals surface area contributed by atoms with E-state index in [0.717, 1.165) is 16.3 Å². The van der Waals surface area contributed by atoms with Crippen LogP contribution in [0.3, 0.4) is 0 Å². The topological polar surface area (TPSA) is 38.9 Å². The van der Waals surface area contributed by atoms with Gasteiger partial charge in [0.25, 0.3) is 0 Å². The van der Waals surface area contributed by atoms with Crippen molar-refractivity contribution in [2.24, 2.45) is 0 Å². The Balaban J connectivity index is 2.45. The van der Waals surface area contributed by atoms with Gasteiger partial charge >= 0.3 is 0 Å². The number of nitrogen functional groups attached to an aromatic ring is 1. The zero-order valence-corrected chi connectivity index (χ0v) is 9.71. The first-order valence-corrected chi connectivity index (χ1v) is 5.80. The highest BCUT2D eigenvalue weighted by Gasteiger charge is 2.10. The van der Waals surface area contributed by atoms with E-state index in [1.807, 2.05) is 18.2 Å². The summed E-state index contributed by atoms with van der Waals surface area (Å²) in [5, 5.41) is 0.859. The van der Waals surface area contributed by atoms with Crippen LogP contribution in [0.4, 0.5) is 5.00 Å². The third kappa shape index (κ3) is 2.02. The standard InChI is InChI=1S/C12H14N2S/c1-8(2)11-7-9(12(13)15-11)10-5-3-4-6-14-10/h3-8H,13H2,1-2H3. The fourth-order valence-electron chi connectivity index (χ4n) is 1.43. The molecule has 0 atom stereocenters. The van der Waals surface area contributed by atoms with Crippen LogP contribution < -0.4 is 5.73 Å². The summed E-state index contributed by atoms with van der Waals surface area (Å²) in [7, 11) is 0. The smallest absolute Gasteiger partial charge is 0.0954 e. The van der Waals surface area contributed by atoms with Crippen LogP contribution >= 0.6 is 11.3 Å². The van der Waals surface area contributed by atoms with Crippen LogP contribution in [0.25, 0.3) is 11.3 Å². The van der Waals surface area contributed by atoms with Crippen molar-refractivity contribution in [3.63, 3.8) is 0 Å². The number of nitrogens with two attached hydrogens (primary N) is 1. The van der Waals surface area contributed by atoms with E-state index in [1.54, 1.807) is 17.5 Å². The molecule has 0 bridgehead atoms. The Kier molecular flexibility index (Phi) is 2.73. The van der Waals surface area contributed by atoms with Crippen LogP contribution in [0.15, 0.2) is 30.5 Å². The SMILES string of the molecule is CC(C)c1cc(-c2ccccn2)c(N)s1. The van der Waals surface area contributed by atoms with E-state index < -0.39 is 0 Å². The lowest BCUT2D eigenvalue weighted by atomic mass is 10.1. The minimum Gasteiger partial charge on any atom is -0.390 e. The molecule has 0 unspecified atom stereocenters. The van der Waals surface area contributed by atoms with E-state index in [1.165, 1.54) is 4.88 Å². The molecule has 0 fully saturated rings. The number of pyridine rings is 1. The van der Waals surface area contributed by atoms with Gasteiger partial charge in [0, 0.05) is 16.6 Å². The molecule has 0 aromatic carbocycles. The Hall–Kier alpha value is -1.35. The molecule has 2 N–H and O–H groups in total. The van der Waals surface area contributed by atoms with Crippen LogP contribution in [0.5, 0.6) is 0 Å². The lowest BCUT2D eigenvalue weighted by Crippen LogP contribution is -1.85. The molecule has 15 heavy (non-hydrogen) atoms. The maximum Gasteiger partial charge on any atom is 0.0954 e. The molecule has 0 aliphatic carbocycles. The average Bonchev–Trinajstić information content (AvgIpc) is 2.62. The predicted octanol–water partition coefficient (Wildman–Crippen LogP) is 3.52. The van der Waals surface area contributed by atoms with Crippen LogP contribution in [-0.2, 0) is 0 Å². The summed E-state index contributed by atoms with van der Waals surface area (Å²) >= 11 is 1.66. The van der Waals surface area contributed by atoms with Gasteiger partial charge in [-0.1, -0.05) is 19.9 Å². The van der Waals surface area contributed by atoms with Crippen molar-refractivity contribution in [3.8, 4) is 11.3 Å². The second-order valence-corrected chi connectivity index (χ2v) is 4.91. The van der Waals surface area contributed by atoms with Gasteiger partial charge in [-0.05, 0) is 24.1 Å². The summed E-state index contributed by atoms with van der Waals surface area (Å²) in [5.41, 5.74) is 8.01. The molecule has 0 amide bonds. The largest absolute Gasteiger partial charge is 0.390 e. The normalized spacial score (nSPS) is 10.9. The predicted molar refractivity (Wildman–Crippen MR) is 66.1 cm³/mol. The molecule has 0 radical (unpaired) electrons. The van der Waals surface area contributed by atoms with Gasteiger partial charge in [-0.15, -0.1) is 11.3 Å².